The number of likely N-dealkylation sites (N-methyl/N-ethyl adjacent to an activating group) is 1. The van der Waals surface area contributed by atoms with Crippen molar-refractivity contribution in [1.82, 2.24) is 15.5 Å². The first-order chi connectivity index (χ1) is 7.33. The van der Waals surface area contributed by atoms with Crippen molar-refractivity contribution in [1.29, 1.82) is 0 Å². The Balaban J connectivity index is 1.83. The van der Waals surface area contributed by atoms with Gasteiger partial charge in [-0.3, -0.25) is 5.10 Å². The molecule has 82 valence electrons. The first-order valence-electron chi connectivity index (χ1n) is 6.07. The minimum Gasteiger partial charge on any atom is -0.314 e. The largest absolute Gasteiger partial charge is 0.314 e. The van der Waals surface area contributed by atoms with Crippen molar-refractivity contribution in [3.05, 3.63) is 17.0 Å². The smallest absolute Gasteiger partial charge is 0.0675 e. The van der Waals surface area contributed by atoms with E-state index in [0.29, 0.717) is 5.54 Å². The molecule has 0 atom stereocenters. The average Bonchev–Trinajstić information content (AvgIpc) is 2.95. The quantitative estimate of drug-likeness (QED) is 0.786. The van der Waals surface area contributed by atoms with E-state index >= 15 is 0 Å². The summed E-state index contributed by atoms with van der Waals surface area (Å²) in [6, 6.07) is 0. The van der Waals surface area contributed by atoms with Gasteiger partial charge in [0.05, 0.1) is 5.69 Å². The molecule has 2 aliphatic carbocycles. The van der Waals surface area contributed by atoms with Crippen LogP contribution in [0.15, 0.2) is 0 Å². The number of rotatable bonds is 3. The molecule has 0 aromatic carbocycles. The van der Waals surface area contributed by atoms with Gasteiger partial charge in [-0.25, -0.2) is 0 Å². The zero-order chi connectivity index (χ0) is 10.3. The van der Waals surface area contributed by atoms with Crippen molar-refractivity contribution < 1.29 is 0 Å². The molecule has 3 rings (SSSR count). The number of H-pyrrole nitrogens is 1. The highest BCUT2D eigenvalue weighted by Gasteiger charge is 2.42. The molecule has 15 heavy (non-hydrogen) atoms. The molecule has 3 nitrogen and oxygen atoms in total. The second kappa shape index (κ2) is 3.34. The molecule has 3 heteroatoms. The monoisotopic (exact) mass is 205 g/mol. The number of fused-ring (bicyclic) bond motifs is 1. The van der Waals surface area contributed by atoms with Gasteiger partial charge in [-0.15, -0.1) is 0 Å². The van der Waals surface area contributed by atoms with Crippen molar-refractivity contribution in [3.8, 4) is 0 Å². The third-order valence-corrected chi connectivity index (χ3v) is 4.03. The van der Waals surface area contributed by atoms with Crippen LogP contribution in [0.2, 0.25) is 0 Å². The zero-order valence-electron chi connectivity index (χ0n) is 9.40. The van der Waals surface area contributed by atoms with Gasteiger partial charge in [-0.2, -0.15) is 5.10 Å². The molecular weight excluding hydrogens is 186 g/mol. The molecule has 2 N–H and O–H groups in total. The van der Waals surface area contributed by atoms with Gasteiger partial charge in [-0.1, -0.05) is 0 Å². The molecule has 0 aliphatic heterocycles. The van der Waals surface area contributed by atoms with Gasteiger partial charge in [0.15, 0.2) is 0 Å². The highest BCUT2D eigenvalue weighted by atomic mass is 15.1. The van der Waals surface area contributed by atoms with Crippen LogP contribution in [-0.2, 0) is 19.3 Å². The van der Waals surface area contributed by atoms with E-state index in [-0.39, 0.29) is 0 Å². The lowest BCUT2D eigenvalue weighted by Crippen LogP contribution is -2.30. The van der Waals surface area contributed by atoms with Gasteiger partial charge >= 0.3 is 0 Å². The van der Waals surface area contributed by atoms with Gasteiger partial charge in [0.25, 0.3) is 0 Å². The van der Waals surface area contributed by atoms with Gasteiger partial charge in [0, 0.05) is 17.7 Å². The molecule has 1 heterocycles. The lowest BCUT2D eigenvalue weighted by Gasteiger charge is -2.15. The number of aromatic nitrogens is 2. The van der Waals surface area contributed by atoms with E-state index in [1.54, 1.807) is 0 Å². The molecule has 0 bridgehead atoms. The second-order valence-corrected chi connectivity index (χ2v) is 5.04. The lowest BCUT2D eigenvalue weighted by molar-refractivity contribution is 0.538. The zero-order valence-corrected chi connectivity index (χ0v) is 9.40. The van der Waals surface area contributed by atoms with E-state index in [0.717, 1.165) is 6.42 Å². The van der Waals surface area contributed by atoms with Crippen LogP contribution in [0.3, 0.4) is 0 Å². The summed E-state index contributed by atoms with van der Waals surface area (Å²) in [5.41, 5.74) is 4.66. The average molecular weight is 205 g/mol. The summed E-state index contributed by atoms with van der Waals surface area (Å²) in [5, 5.41) is 11.2. The Morgan fingerprint density at radius 2 is 2.13 bits per heavy atom. The molecule has 1 saturated carbocycles. The number of nitrogens with one attached hydrogen (secondary N) is 2. The maximum Gasteiger partial charge on any atom is 0.0675 e. The number of aromatic amines is 1. The van der Waals surface area contributed by atoms with Crippen molar-refractivity contribution in [2.24, 2.45) is 0 Å². The summed E-state index contributed by atoms with van der Waals surface area (Å²) in [6.45, 7) is 0. The Labute approximate surface area is 90.7 Å². The summed E-state index contributed by atoms with van der Waals surface area (Å²) in [7, 11) is 2.08. The van der Waals surface area contributed by atoms with Crippen LogP contribution in [0.25, 0.3) is 0 Å². The van der Waals surface area contributed by atoms with E-state index < -0.39 is 0 Å². The molecule has 1 fully saturated rings. The summed E-state index contributed by atoms with van der Waals surface area (Å²) >= 11 is 0. The van der Waals surface area contributed by atoms with E-state index in [1.807, 2.05) is 0 Å². The predicted octanol–water partition coefficient (Wildman–Crippen LogP) is 1.58. The van der Waals surface area contributed by atoms with E-state index in [4.69, 9.17) is 0 Å². The fraction of sp³-hybridized carbons (Fsp3) is 0.750. The molecular formula is C12H19N3. The summed E-state index contributed by atoms with van der Waals surface area (Å²) in [6.07, 6.45) is 8.85. The minimum atomic E-state index is 0.389. The van der Waals surface area contributed by atoms with Crippen molar-refractivity contribution in [2.75, 3.05) is 7.05 Å². The third-order valence-electron chi connectivity index (χ3n) is 4.03. The topological polar surface area (TPSA) is 40.7 Å². The molecule has 0 saturated heterocycles. The Hall–Kier alpha value is -0.830. The Morgan fingerprint density at radius 1 is 1.33 bits per heavy atom. The van der Waals surface area contributed by atoms with E-state index in [2.05, 4.69) is 22.6 Å². The van der Waals surface area contributed by atoms with E-state index in [1.165, 1.54) is 55.5 Å². The normalized spacial score (nSPS) is 22.5. The molecule has 1 aromatic heterocycles. The Kier molecular flexibility index (Phi) is 2.09. The minimum absolute atomic E-state index is 0.389. The van der Waals surface area contributed by atoms with Crippen molar-refractivity contribution in [3.63, 3.8) is 0 Å². The molecule has 0 spiro atoms. The maximum absolute atomic E-state index is 4.51. The van der Waals surface area contributed by atoms with Crippen LogP contribution in [0, 0.1) is 0 Å². The maximum atomic E-state index is 4.51. The van der Waals surface area contributed by atoms with Gasteiger partial charge in [-0.05, 0) is 51.1 Å². The van der Waals surface area contributed by atoms with Gasteiger partial charge < -0.3 is 5.32 Å². The fourth-order valence-electron chi connectivity index (χ4n) is 2.68. The SMILES string of the molecule is CNC1(Cc2n[nH]c3c2CCCC3)CC1. The van der Waals surface area contributed by atoms with Crippen LogP contribution < -0.4 is 5.32 Å². The predicted molar refractivity (Wildman–Crippen MR) is 60.0 cm³/mol. The van der Waals surface area contributed by atoms with Crippen molar-refractivity contribution >= 4 is 0 Å². The lowest BCUT2D eigenvalue weighted by atomic mass is 9.93. The summed E-state index contributed by atoms with van der Waals surface area (Å²) < 4.78 is 0. The third kappa shape index (κ3) is 1.59. The number of hydrogen-bond acceptors (Lipinski definition) is 2. The first-order valence-corrected chi connectivity index (χ1v) is 6.07. The molecule has 0 radical (unpaired) electrons. The van der Waals surface area contributed by atoms with Crippen LogP contribution in [0.5, 0.6) is 0 Å². The van der Waals surface area contributed by atoms with Crippen molar-refractivity contribution in [2.45, 2.75) is 50.5 Å². The number of hydrogen-bond donors (Lipinski definition) is 2. The molecule has 2 aliphatic rings. The summed E-state index contributed by atoms with van der Waals surface area (Å²) in [4.78, 5) is 0. The Morgan fingerprint density at radius 3 is 2.87 bits per heavy atom. The van der Waals surface area contributed by atoms with Gasteiger partial charge in [0.2, 0.25) is 0 Å². The molecule has 0 unspecified atom stereocenters. The highest BCUT2D eigenvalue weighted by molar-refractivity contribution is 5.30. The number of aryl methyl sites for hydroxylation is 1. The standard InChI is InChI=1S/C12H19N3/c1-13-12(6-7-12)8-11-9-4-2-3-5-10(9)14-15-11/h13H,2-8H2,1H3,(H,14,15). The first kappa shape index (κ1) is 9.40. The van der Waals surface area contributed by atoms with Crippen LogP contribution in [0.1, 0.15) is 42.6 Å². The van der Waals surface area contributed by atoms with Crippen LogP contribution in [-0.4, -0.2) is 22.8 Å². The van der Waals surface area contributed by atoms with Crippen LogP contribution >= 0.6 is 0 Å². The van der Waals surface area contributed by atoms with E-state index in [9.17, 15) is 0 Å². The highest BCUT2D eigenvalue weighted by Crippen LogP contribution is 2.39. The summed E-state index contributed by atoms with van der Waals surface area (Å²) in [5.74, 6) is 0. The van der Waals surface area contributed by atoms with Crippen LogP contribution in [0.4, 0.5) is 0 Å². The number of nitrogens with zero attached hydrogens (tertiary/aromatic N) is 1. The molecule has 0 amide bonds. The molecule has 1 aromatic rings. The fourth-order valence-corrected chi connectivity index (χ4v) is 2.68. The van der Waals surface area contributed by atoms with Gasteiger partial charge in [0.1, 0.15) is 0 Å². The second-order valence-electron chi connectivity index (χ2n) is 5.04. The Bertz CT molecular complexity index is 363.